The molecule has 56 heavy (non-hydrogen) atoms. The van der Waals surface area contributed by atoms with Crippen LogP contribution in [0, 0.1) is 0 Å². The van der Waals surface area contributed by atoms with E-state index in [0.717, 1.165) is 11.4 Å². The summed E-state index contributed by atoms with van der Waals surface area (Å²) >= 11 is 0. The molecule has 0 aliphatic carbocycles. The molecule has 0 aliphatic heterocycles. The molecule has 2 heterocycles. The van der Waals surface area contributed by atoms with Gasteiger partial charge < -0.3 is 9.13 Å². The molecule has 12 aromatic rings. The first-order chi connectivity index (χ1) is 27.8. The Kier molecular flexibility index (Phi) is 6.66. The van der Waals surface area contributed by atoms with Gasteiger partial charge in [0, 0.05) is 32.9 Å². The molecule has 0 N–H and O–H groups in total. The SMILES string of the molecule is c1ccc2c(c1)c(-c1ccc(-n3c4ccccc4c4ccccc43)cc1)cc1c3ccccc3c(-c3ccc(-n4c5ccccc5c5ccccc54)cc3)cc21. The van der Waals surface area contributed by atoms with Crippen LogP contribution >= 0.6 is 0 Å². The third-order valence-corrected chi connectivity index (χ3v) is 11.9. The molecule has 2 aromatic heterocycles. The Balaban J connectivity index is 1.01. The predicted octanol–water partition coefficient (Wildman–Crippen LogP) is 14.7. The van der Waals surface area contributed by atoms with Crippen molar-refractivity contribution in [1.29, 1.82) is 0 Å². The number of rotatable bonds is 4. The molecule has 10 aromatic carbocycles. The summed E-state index contributed by atoms with van der Waals surface area (Å²) in [4.78, 5) is 0. The second-order valence-electron chi connectivity index (χ2n) is 14.9. The topological polar surface area (TPSA) is 9.86 Å². The number of aromatic nitrogens is 2. The van der Waals surface area contributed by atoms with Crippen molar-refractivity contribution in [2.75, 3.05) is 0 Å². The largest absolute Gasteiger partial charge is 0.309 e. The summed E-state index contributed by atoms with van der Waals surface area (Å²) in [6, 6.07) is 75.7. The van der Waals surface area contributed by atoms with E-state index in [4.69, 9.17) is 0 Å². The smallest absolute Gasteiger partial charge is 0.0541 e. The van der Waals surface area contributed by atoms with Crippen LogP contribution < -0.4 is 0 Å². The van der Waals surface area contributed by atoms with E-state index in [1.165, 1.54) is 98.2 Å². The summed E-state index contributed by atoms with van der Waals surface area (Å²) in [5.74, 6) is 0. The van der Waals surface area contributed by atoms with Gasteiger partial charge in [0.25, 0.3) is 0 Å². The highest BCUT2D eigenvalue weighted by molar-refractivity contribution is 6.24. The molecule has 0 unspecified atom stereocenters. The zero-order valence-corrected chi connectivity index (χ0v) is 30.5. The Bertz CT molecular complexity index is 3170. The van der Waals surface area contributed by atoms with Gasteiger partial charge in [-0.25, -0.2) is 0 Å². The van der Waals surface area contributed by atoms with Crippen LogP contribution in [0.4, 0.5) is 0 Å². The summed E-state index contributed by atoms with van der Waals surface area (Å²) in [5, 5.41) is 12.7. The van der Waals surface area contributed by atoms with E-state index in [-0.39, 0.29) is 0 Å². The van der Waals surface area contributed by atoms with E-state index in [1.807, 2.05) is 0 Å². The fourth-order valence-corrected chi connectivity index (χ4v) is 9.41. The van der Waals surface area contributed by atoms with Gasteiger partial charge in [0.2, 0.25) is 0 Å². The summed E-state index contributed by atoms with van der Waals surface area (Å²) < 4.78 is 4.77. The van der Waals surface area contributed by atoms with E-state index < -0.39 is 0 Å². The Morgan fingerprint density at radius 2 is 0.482 bits per heavy atom. The first-order valence-electron chi connectivity index (χ1n) is 19.4. The predicted molar refractivity (Wildman–Crippen MR) is 239 cm³/mol. The monoisotopic (exact) mass is 710 g/mol. The zero-order valence-electron chi connectivity index (χ0n) is 30.5. The maximum atomic E-state index is 2.42. The Hall–Kier alpha value is -7.42. The van der Waals surface area contributed by atoms with Gasteiger partial charge >= 0.3 is 0 Å². The van der Waals surface area contributed by atoms with Crippen molar-refractivity contribution in [3.63, 3.8) is 0 Å². The van der Waals surface area contributed by atoms with E-state index >= 15 is 0 Å². The van der Waals surface area contributed by atoms with Crippen LogP contribution in [0.25, 0.3) is 110 Å². The number of para-hydroxylation sites is 4. The molecule has 12 rings (SSSR count). The molecule has 0 fully saturated rings. The van der Waals surface area contributed by atoms with Crippen LogP contribution in [0.3, 0.4) is 0 Å². The second kappa shape index (κ2) is 12.0. The number of hydrogen-bond acceptors (Lipinski definition) is 0. The lowest BCUT2D eigenvalue weighted by atomic mass is 9.87. The molecule has 260 valence electrons. The van der Waals surface area contributed by atoms with Gasteiger partial charge in [0.05, 0.1) is 22.1 Å². The number of fused-ring (bicyclic) bond motifs is 11. The minimum atomic E-state index is 1.16. The average Bonchev–Trinajstić information content (AvgIpc) is 3.79. The molecular weight excluding hydrogens is 677 g/mol. The molecule has 0 saturated carbocycles. The molecule has 2 heteroatoms. The van der Waals surface area contributed by atoms with Crippen molar-refractivity contribution in [1.82, 2.24) is 9.13 Å². The van der Waals surface area contributed by atoms with Crippen LogP contribution in [-0.2, 0) is 0 Å². The lowest BCUT2D eigenvalue weighted by Gasteiger charge is -2.17. The van der Waals surface area contributed by atoms with Crippen LogP contribution in [-0.4, -0.2) is 9.13 Å². The highest BCUT2D eigenvalue weighted by Crippen LogP contribution is 2.43. The number of hydrogen-bond donors (Lipinski definition) is 0. The normalized spacial score (nSPS) is 11.9. The summed E-state index contributed by atoms with van der Waals surface area (Å²) in [5.41, 5.74) is 12.1. The van der Waals surface area contributed by atoms with E-state index in [1.54, 1.807) is 0 Å². The standard InChI is InChI=1S/C54H34N2/c1-3-15-41-39(13-1)47(35-25-29-37(30-26-35)55-51-21-9-5-17-43(51)44-18-6-10-22-52(44)55)33-50-42-16-4-2-14-40(42)48(34-49(41)50)36-27-31-38(32-28-36)56-53-23-11-7-19-45(53)46-20-8-12-24-54(46)56/h1-34H. The fourth-order valence-electron chi connectivity index (χ4n) is 9.41. The van der Waals surface area contributed by atoms with E-state index in [0.29, 0.717) is 0 Å². The van der Waals surface area contributed by atoms with Crippen molar-refractivity contribution < 1.29 is 0 Å². The minimum absolute atomic E-state index is 1.16. The first kappa shape index (κ1) is 31.0. The molecule has 0 spiro atoms. The fraction of sp³-hybridized carbons (Fsp3) is 0. The van der Waals surface area contributed by atoms with Crippen molar-refractivity contribution in [3.05, 3.63) is 206 Å². The molecule has 0 bridgehead atoms. The molecule has 0 radical (unpaired) electrons. The molecule has 0 atom stereocenters. The quantitative estimate of drug-likeness (QED) is 0.161. The maximum absolute atomic E-state index is 2.42. The van der Waals surface area contributed by atoms with Gasteiger partial charge in [-0.05, 0) is 115 Å². The van der Waals surface area contributed by atoms with Gasteiger partial charge in [-0.1, -0.05) is 146 Å². The summed E-state index contributed by atoms with van der Waals surface area (Å²) in [6.07, 6.45) is 0. The highest BCUT2D eigenvalue weighted by atomic mass is 15.0. The van der Waals surface area contributed by atoms with Gasteiger partial charge in [-0.3, -0.25) is 0 Å². The molecular formula is C54H34N2. The first-order valence-corrected chi connectivity index (χ1v) is 19.4. The molecule has 0 amide bonds. The van der Waals surface area contributed by atoms with E-state index in [2.05, 4.69) is 215 Å². The van der Waals surface area contributed by atoms with Crippen molar-refractivity contribution >= 4 is 75.9 Å². The number of nitrogens with zero attached hydrogens (tertiary/aromatic N) is 2. The third kappa shape index (κ3) is 4.50. The highest BCUT2D eigenvalue weighted by Gasteiger charge is 2.17. The van der Waals surface area contributed by atoms with Crippen LogP contribution in [0.1, 0.15) is 0 Å². The van der Waals surface area contributed by atoms with E-state index in [9.17, 15) is 0 Å². The third-order valence-electron chi connectivity index (χ3n) is 11.9. The lowest BCUT2D eigenvalue weighted by Crippen LogP contribution is -1.94. The lowest BCUT2D eigenvalue weighted by molar-refractivity contribution is 1.18. The molecule has 0 aliphatic rings. The maximum Gasteiger partial charge on any atom is 0.0541 e. The Morgan fingerprint density at radius 1 is 0.214 bits per heavy atom. The van der Waals surface area contributed by atoms with Crippen LogP contribution in [0.2, 0.25) is 0 Å². The second-order valence-corrected chi connectivity index (χ2v) is 14.9. The van der Waals surface area contributed by atoms with Gasteiger partial charge in [-0.2, -0.15) is 0 Å². The molecule has 0 saturated heterocycles. The van der Waals surface area contributed by atoms with Crippen LogP contribution in [0.15, 0.2) is 206 Å². The molecule has 2 nitrogen and oxygen atoms in total. The van der Waals surface area contributed by atoms with Crippen molar-refractivity contribution in [3.8, 4) is 33.6 Å². The van der Waals surface area contributed by atoms with Gasteiger partial charge in [0.15, 0.2) is 0 Å². The van der Waals surface area contributed by atoms with Gasteiger partial charge in [0.1, 0.15) is 0 Å². The van der Waals surface area contributed by atoms with Crippen LogP contribution in [0.5, 0.6) is 0 Å². The van der Waals surface area contributed by atoms with Crippen molar-refractivity contribution in [2.45, 2.75) is 0 Å². The summed E-state index contributed by atoms with van der Waals surface area (Å²) in [6.45, 7) is 0. The zero-order chi connectivity index (χ0) is 36.7. The minimum Gasteiger partial charge on any atom is -0.309 e. The summed E-state index contributed by atoms with van der Waals surface area (Å²) in [7, 11) is 0. The number of benzene rings is 10. The average molecular weight is 711 g/mol. The van der Waals surface area contributed by atoms with Gasteiger partial charge in [-0.15, -0.1) is 0 Å². The van der Waals surface area contributed by atoms with Crippen molar-refractivity contribution in [2.24, 2.45) is 0 Å². The Morgan fingerprint density at radius 3 is 0.804 bits per heavy atom. The Labute approximate surface area is 323 Å².